The predicted octanol–water partition coefficient (Wildman–Crippen LogP) is 15.7. The van der Waals surface area contributed by atoms with Crippen LogP contribution >= 0.6 is 0 Å². The van der Waals surface area contributed by atoms with Gasteiger partial charge < -0.3 is 45.1 Å². The Balaban J connectivity index is 2.59. The highest BCUT2D eigenvalue weighted by molar-refractivity contribution is 5.80. The predicted molar refractivity (Wildman–Crippen MR) is 329 cm³/mol. The maximum absolute atomic E-state index is 13.4. The second-order valence-corrected chi connectivity index (χ2v) is 22.2. The van der Waals surface area contributed by atoms with E-state index >= 15 is 0 Å². The van der Waals surface area contributed by atoms with E-state index in [2.05, 4.69) is 44.3 Å². The first-order chi connectivity index (χ1) is 38.7. The van der Waals surface area contributed by atoms with E-state index < -0.39 is 67.4 Å². The topological polar surface area (TPSA) is 175 Å². The highest BCUT2D eigenvalue weighted by atomic mass is 16.7. The van der Waals surface area contributed by atoms with E-state index in [1.54, 1.807) is 6.08 Å². The molecule has 1 amide bonds. The standard InChI is InChI=1S/C68H119NO10/c1-4-7-10-13-16-19-22-24-26-27-28-29-30-31-32-33-34-35-36-38-41-44-47-50-53-56-63(73)79-66-65(75)64(74)62(57-70)78-68(66)77-58-59(60(71)54-51-48-45-42-39-21-18-15-12-9-6-3)69-67(76)61(72)55-52-49-46-43-40-37-25-23-20-17-14-11-8-5-2/h8,11,14,17,20,23-26,37,40,43,51,54,59-62,64-66,68,70-72,74-75H,4-7,9-10,12-13,15-16,18-19,21-22,27-36,38-39,41-42,44-50,52-53,55-58H2,1-3H3,(H,69,76)/b11-8+,17-14+,23-20-,26-24+,37-25-,43-40+,54-51+. The Kier molecular flexibility index (Phi) is 51.8. The third-order valence-corrected chi connectivity index (χ3v) is 14.9. The lowest BCUT2D eigenvalue weighted by Crippen LogP contribution is -2.61. The molecule has 456 valence electrons. The van der Waals surface area contributed by atoms with Gasteiger partial charge in [-0.1, -0.05) is 279 Å². The van der Waals surface area contributed by atoms with Gasteiger partial charge in [-0.2, -0.15) is 0 Å². The van der Waals surface area contributed by atoms with Crippen molar-refractivity contribution in [2.24, 2.45) is 0 Å². The summed E-state index contributed by atoms with van der Waals surface area (Å²) in [7, 11) is 0. The molecule has 0 aromatic rings. The number of esters is 1. The average Bonchev–Trinajstić information content (AvgIpc) is 3.45. The fraction of sp³-hybridized carbons (Fsp3) is 0.765. The lowest BCUT2D eigenvalue weighted by atomic mass is 9.99. The van der Waals surface area contributed by atoms with Gasteiger partial charge in [-0.15, -0.1) is 0 Å². The Bertz CT molecular complexity index is 1610. The molecule has 8 unspecified atom stereocenters. The average molecular weight is 1110 g/mol. The Hall–Kier alpha value is -3.16. The summed E-state index contributed by atoms with van der Waals surface area (Å²) in [6, 6.07) is -1.05. The minimum Gasteiger partial charge on any atom is -0.454 e. The van der Waals surface area contributed by atoms with E-state index in [0.29, 0.717) is 12.8 Å². The minimum atomic E-state index is -1.62. The zero-order valence-electron chi connectivity index (χ0n) is 50.5. The van der Waals surface area contributed by atoms with Gasteiger partial charge in [0.1, 0.15) is 24.4 Å². The highest BCUT2D eigenvalue weighted by Gasteiger charge is 2.47. The zero-order chi connectivity index (χ0) is 57.5. The van der Waals surface area contributed by atoms with E-state index in [0.717, 1.165) is 64.2 Å². The summed E-state index contributed by atoms with van der Waals surface area (Å²) in [6.45, 7) is 5.61. The molecule has 1 rings (SSSR count). The number of rotatable bonds is 54. The molecule has 0 bridgehead atoms. The van der Waals surface area contributed by atoms with E-state index in [1.807, 2.05) is 60.8 Å². The van der Waals surface area contributed by atoms with Gasteiger partial charge in [0, 0.05) is 6.42 Å². The smallest absolute Gasteiger partial charge is 0.306 e. The highest BCUT2D eigenvalue weighted by Crippen LogP contribution is 2.26. The van der Waals surface area contributed by atoms with Crippen LogP contribution in [0.1, 0.15) is 271 Å². The molecule has 1 saturated heterocycles. The number of carbonyl (C=O) groups excluding carboxylic acids is 2. The quantitative estimate of drug-likeness (QED) is 0.0149. The van der Waals surface area contributed by atoms with Gasteiger partial charge in [-0.05, 0) is 70.6 Å². The van der Waals surface area contributed by atoms with Gasteiger partial charge in [0.2, 0.25) is 5.91 Å². The summed E-state index contributed by atoms with van der Waals surface area (Å²) in [6.07, 6.45) is 62.1. The summed E-state index contributed by atoms with van der Waals surface area (Å²) in [5.74, 6) is -1.24. The number of nitrogens with one attached hydrogen (secondary N) is 1. The van der Waals surface area contributed by atoms with Crippen molar-refractivity contribution in [3.8, 4) is 0 Å². The summed E-state index contributed by atoms with van der Waals surface area (Å²) >= 11 is 0. The third kappa shape index (κ3) is 43.2. The second-order valence-electron chi connectivity index (χ2n) is 22.2. The molecule has 1 fully saturated rings. The van der Waals surface area contributed by atoms with Crippen LogP contribution in [0.3, 0.4) is 0 Å². The Morgan fingerprint density at radius 2 is 0.924 bits per heavy atom. The van der Waals surface area contributed by atoms with Crippen molar-refractivity contribution in [1.82, 2.24) is 5.32 Å². The third-order valence-electron chi connectivity index (χ3n) is 14.9. The Morgan fingerprint density at radius 3 is 1.41 bits per heavy atom. The monoisotopic (exact) mass is 1110 g/mol. The molecule has 8 atom stereocenters. The fourth-order valence-electron chi connectivity index (χ4n) is 9.79. The van der Waals surface area contributed by atoms with Crippen molar-refractivity contribution < 1.29 is 49.3 Å². The van der Waals surface area contributed by atoms with Gasteiger partial charge >= 0.3 is 5.97 Å². The van der Waals surface area contributed by atoms with Crippen LogP contribution in [0.5, 0.6) is 0 Å². The summed E-state index contributed by atoms with van der Waals surface area (Å²) in [4.78, 5) is 26.5. The van der Waals surface area contributed by atoms with Crippen LogP contribution in [-0.2, 0) is 23.8 Å². The SMILES string of the molecule is CC/C=C/C=C/C=C\C=C/C=C/CCCCC(O)C(=O)NC(COC1OC(CO)C(O)C(O)C1OC(=O)CCCCCCCCCCCCCCCCC/C=C/CCCCCCCC)C(O)/C=C/CCCCCCCCCCC. The Labute approximate surface area is 483 Å². The van der Waals surface area contributed by atoms with E-state index in [4.69, 9.17) is 14.2 Å². The van der Waals surface area contributed by atoms with Gasteiger partial charge in [0.05, 0.1) is 25.4 Å². The van der Waals surface area contributed by atoms with Gasteiger partial charge in [-0.25, -0.2) is 0 Å². The first kappa shape index (κ1) is 73.9. The molecule has 79 heavy (non-hydrogen) atoms. The normalized spacial score (nSPS) is 19.4. The number of aliphatic hydroxyl groups excluding tert-OH is 5. The molecule has 11 heteroatoms. The van der Waals surface area contributed by atoms with Crippen LogP contribution < -0.4 is 5.32 Å². The number of aliphatic hydroxyl groups is 5. The van der Waals surface area contributed by atoms with Crippen molar-refractivity contribution >= 4 is 11.9 Å². The van der Waals surface area contributed by atoms with E-state index in [-0.39, 0.29) is 19.4 Å². The number of amides is 1. The van der Waals surface area contributed by atoms with Crippen molar-refractivity contribution in [2.75, 3.05) is 13.2 Å². The molecule has 1 heterocycles. The molecule has 1 aliphatic heterocycles. The van der Waals surface area contributed by atoms with Crippen LogP contribution in [0.4, 0.5) is 0 Å². The van der Waals surface area contributed by atoms with Crippen molar-refractivity contribution in [3.63, 3.8) is 0 Å². The lowest BCUT2D eigenvalue weighted by Gasteiger charge is -2.41. The molecule has 0 aromatic heterocycles. The molecular formula is C68H119NO10. The first-order valence-corrected chi connectivity index (χ1v) is 32.4. The number of ether oxygens (including phenoxy) is 3. The lowest BCUT2D eigenvalue weighted by molar-refractivity contribution is -0.305. The largest absolute Gasteiger partial charge is 0.454 e. The van der Waals surface area contributed by atoms with Crippen molar-refractivity contribution in [2.45, 2.75) is 320 Å². The molecule has 0 aromatic carbocycles. The molecule has 1 aliphatic rings. The van der Waals surface area contributed by atoms with Gasteiger partial charge in [0.25, 0.3) is 0 Å². The van der Waals surface area contributed by atoms with Crippen LogP contribution in [0.15, 0.2) is 85.1 Å². The van der Waals surface area contributed by atoms with E-state index in [1.165, 1.54) is 161 Å². The molecule has 11 nitrogen and oxygen atoms in total. The van der Waals surface area contributed by atoms with Crippen molar-refractivity contribution in [3.05, 3.63) is 85.1 Å². The minimum absolute atomic E-state index is 0.116. The molecule has 0 saturated carbocycles. The zero-order valence-corrected chi connectivity index (χ0v) is 50.5. The number of unbranched alkanes of at least 4 members (excludes halogenated alkanes) is 32. The second kappa shape index (κ2) is 55.4. The Morgan fingerprint density at radius 1 is 0.506 bits per heavy atom. The van der Waals surface area contributed by atoms with Crippen LogP contribution in [-0.4, -0.2) is 99.6 Å². The van der Waals surface area contributed by atoms with Crippen LogP contribution in [0, 0.1) is 0 Å². The first-order valence-electron chi connectivity index (χ1n) is 32.4. The fourth-order valence-corrected chi connectivity index (χ4v) is 9.79. The summed E-state index contributed by atoms with van der Waals surface area (Å²) in [5, 5.41) is 56.9. The van der Waals surface area contributed by atoms with Crippen LogP contribution in [0.25, 0.3) is 0 Å². The molecular weight excluding hydrogens is 991 g/mol. The van der Waals surface area contributed by atoms with E-state index in [9.17, 15) is 35.1 Å². The molecule has 6 N–H and O–H groups in total. The summed E-state index contributed by atoms with van der Waals surface area (Å²) < 4.78 is 17.6. The van der Waals surface area contributed by atoms with Gasteiger partial charge in [-0.3, -0.25) is 9.59 Å². The number of allylic oxidation sites excluding steroid dienone is 13. The number of hydrogen-bond acceptors (Lipinski definition) is 10. The van der Waals surface area contributed by atoms with Crippen LogP contribution in [0.2, 0.25) is 0 Å². The maximum Gasteiger partial charge on any atom is 0.306 e. The number of carbonyl (C=O) groups is 2. The van der Waals surface area contributed by atoms with Crippen molar-refractivity contribution in [1.29, 1.82) is 0 Å². The summed E-state index contributed by atoms with van der Waals surface area (Å²) in [5.41, 5.74) is 0. The van der Waals surface area contributed by atoms with Gasteiger partial charge in [0.15, 0.2) is 12.4 Å². The maximum atomic E-state index is 13.4. The molecule has 0 spiro atoms. The molecule has 0 radical (unpaired) electrons. The number of hydrogen-bond donors (Lipinski definition) is 6. The molecule has 0 aliphatic carbocycles.